The molecular formula is C21H20N4O2S3. The Balaban J connectivity index is 1.37. The van der Waals surface area contributed by atoms with Crippen LogP contribution in [0.15, 0.2) is 50.0 Å². The Morgan fingerprint density at radius 1 is 1.20 bits per heavy atom. The number of rotatable bonds is 5. The Labute approximate surface area is 186 Å². The summed E-state index contributed by atoms with van der Waals surface area (Å²) in [6.07, 6.45) is 1.82. The maximum atomic E-state index is 13.4. The number of hydrogen-bond donors (Lipinski definition) is 0. The number of carbonyl (C=O) groups is 1. The van der Waals surface area contributed by atoms with Crippen molar-refractivity contribution in [2.45, 2.75) is 17.0 Å². The third kappa shape index (κ3) is 3.84. The van der Waals surface area contributed by atoms with Crippen molar-refractivity contribution in [1.29, 1.82) is 0 Å². The second-order valence-corrected chi connectivity index (χ2v) is 10.00. The quantitative estimate of drug-likeness (QED) is 0.398. The molecule has 0 N–H and O–H groups in total. The van der Waals surface area contributed by atoms with Crippen molar-refractivity contribution in [3.8, 4) is 0 Å². The highest BCUT2D eigenvalue weighted by Crippen LogP contribution is 2.34. The molecule has 1 fully saturated rings. The number of para-hydroxylation sites is 1. The van der Waals surface area contributed by atoms with Gasteiger partial charge in [-0.3, -0.25) is 4.79 Å². The van der Waals surface area contributed by atoms with Gasteiger partial charge >= 0.3 is 0 Å². The summed E-state index contributed by atoms with van der Waals surface area (Å²) < 4.78 is 7.07. The first-order valence-corrected chi connectivity index (χ1v) is 12.4. The molecule has 1 aliphatic heterocycles. The minimum atomic E-state index is -0.0316. The van der Waals surface area contributed by atoms with E-state index < -0.39 is 0 Å². The number of anilines is 1. The summed E-state index contributed by atoms with van der Waals surface area (Å²) in [5, 5.41) is 6.04. The van der Waals surface area contributed by atoms with Crippen molar-refractivity contribution < 1.29 is 9.21 Å². The number of piperazine rings is 1. The number of carbonyl (C=O) groups excluding carboxylic acids is 1. The van der Waals surface area contributed by atoms with E-state index in [-0.39, 0.29) is 5.91 Å². The molecule has 4 heterocycles. The van der Waals surface area contributed by atoms with Crippen LogP contribution in [0, 0.1) is 6.92 Å². The molecule has 1 aromatic carbocycles. The lowest BCUT2D eigenvalue weighted by molar-refractivity contribution is 0.0716. The first-order chi connectivity index (χ1) is 14.7. The zero-order valence-electron chi connectivity index (χ0n) is 16.4. The smallest absolute Gasteiger partial charge is 0.290 e. The summed E-state index contributed by atoms with van der Waals surface area (Å²) in [6.45, 7) is 4.87. The molecule has 0 radical (unpaired) electrons. The number of hydrogen-bond acceptors (Lipinski definition) is 8. The molecule has 3 aromatic heterocycles. The SMILES string of the molecule is Cc1csc(SCc2c(C(=O)N3CCN(c4nccs4)CC3)oc3ccccc23)n1. The summed E-state index contributed by atoms with van der Waals surface area (Å²) in [5.74, 6) is 1.08. The van der Waals surface area contributed by atoms with Gasteiger partial charge in [-0.1, -0.05) is 30.0 Å². The summed E-state index contributed by atoms with van der Waals surface area (Å²) in [7, 11) is 0. The lowest BCUT2D eigenvalue weighted by atomic mass is 10.1. The highest BCUT2D eigenvalue weighted by atomic mass is 32.2. The Morgan fingerprint density at radius 3 is 2.77 bits per heavy atom. The fourth-order valence-corrected chi connectivity index (χ4v) is 6.14. The molecule has 30 heavy (non-hydrogen) atoms. The lowest BCUT2D eigenvalue weighted by Gasteiger charge is -2.34. The molecule has 0 saturated carbocycles. The van der Waals surface area contributed by atoms with E-state index >= 15 is 0 Å². The van der Waals surface area contributed by atoms with Crippen LogP contribution in [0.1, 0.15) is 21.8 Å². The summed E-state index contributed by atoms with van der Waals surface area (Å²) in [5.41, 5.74) is 2.73. The Kier molecular flexibility index (Phi) is 5.49. The Bertz CT molecular complexity index is 1160. The van der Waals surface area contributed by atoms with E-state index in [1.54, 1.807) is 34.4 Å². The third-order valence-electron chi connectivity index (χ3n) is 5.09. The van der Waals surface area contributed by atoms with Crippen LogP contribution in [-0.4, -0.2) is 47.0 Å². The predicted molar refractivity (Wildman–Crippen MR) is 123 cm³/mol. The lowest BCUT2D eigenvalue weighted by Crippen LogP contribution is -2.48. The fraction of sp³-hybridized carbons (Fsp3) is 0.286. The molecule has 1 amide bonds. The van der Waals surface area contributed by atoms with E-state index in [1.165, 1.54) is 0 Å². The van der Waals surface area contributed by atoms with Crippen LogP contribution in [0.25, 0.3) is 11.0 Å². The molecular weight excluding hydrogens is 436 g/mol. The van der Waals surface area contributed by atoms with Gasteiger partial charge in [0.15, 0.2) is 10.9 Å². The van der Waals surface area contributed by atoms with E-state index in [9.17, 15) is 4.79 Å². The average molecular weight is 457 g/mol. The van der Waals surface area contributed by atoms with E-state index in [2.05, 4.69) is 14.9 Å². The van der Waals surface area contributed by atoms with Gasteiger partial charge in [0.2, 0.25) is 0 Å². The van der Waals surface area contributed by atoms with Gasteiger partial charge in [0.25, 0.3) is 5.91 Å². The molecule has 154 valence electrons. The second kappa shape index (κ2) is 8.41. The van der Waals surface area contributed by atoms with Gasteiger partial charge in [0.1, 0.15) is 9.92 Å². The molecule has 1 aliphatic rings. The molecule has 9 heteroatoms. The number of benzene rings is 1. The van der Waals surface area contributed by atoms with Gasteiger partial charge in [0.05, 0.1) is 0 Å². The van der Waals surface area contributed by atoms with E-state index in [4.69, 9.17) is 4.42 Å². The number of aromatic nitrogens is 2. The molecule has 1 saturated heterocycles. The van der Waals surface area contributed by atoms with Crippen molar-refractivity contribution in [2.75, 3.05) is 31.1 Å². The maximum absolute atomic E-state index is 13.4. The molecule has 0 atom stereocenters. The van der Waals surface area contributed by atoms with Crippen LogP contribution in [0.2, 0.25) is 0 Å². The van der Waals surface area contributed by atoms with Crippen LogP contribution >= 0.6 is 34.4 Å². The van der Waals surface area contributed by atoms with Gasteiger partial charge in [-0.05, 0) is 13.0 Å². The number of amides is 1. The van der Waals surface area contributed by atoms with Crippen LogP contribution in [0.5, 0.6) is 0 Å². The molecule has 0 aliphatic carbocycles. The number of thioether (sulfide) groups is 1. The maximum Gasteiger partial charge on any atom is 0.290 e. The molecule has 0 bridgehead atoms. The first-order valence-electron chi connectivity index (χ1n) is 9.68. The predicted octanol–water partition coefficient (Wildman–Crippen LogP) is 4.91. The van der Waals surface area contributed by atoms with E-state index in [0.29, 0.717) is 24.6 Å². The van der Waals surface area contributed by atoms with Crippen LogP contribution < -0.4 is 4.90 Å². The van der Waals surface area contributed by atoms with Crippen molar-refractivity contribution >= 4 is 56.4 Å². The van der Waals surface area contributed by atoms with Gasteiger partial charge in [-0.25, -0.2) is 9.97 Å². The van der Waals surface area contributed by atoms with Crippen molar-refractivity contribution in [2.24, 2.45) is 0 Å². The topological polar surface area (TPSA) is 62.5 Å². The number of thiazole rings is 2. The third-order valence-corrected chi connectivity index (χ3v) is 8.08. The molecule has 0 unspecified atom stereocenters. The van der Waals surface area contributed by atoms with Crippen molar-refractivity contribution in [1.82, 2.24) is 14.9 Å². The second-order valence-electron chi connectivity index (χ2n) is 7.04. The minimum Gasteiger partial charge on any atom is -0.451 e. The first kappa shape index (κ1) is 19.6. The minimum absolute atomic E-state index is 0.0316. The molecule has 0 spiro atoms. The van der Waals surface area contributed by atoms with Gasteiger partial charge in [-0.15, -0.1) is 22.7 Å². The van der Waals surface area contributed by atoms with Gasteiger partial charge < -0.3 is 14.2 Å². The van der Waals surface area contributed by atoms with E-state index in [1.807, 2.05) is 53.0 Å². The standard InChI is InChI=1S/C21H20N4O2S3/c1-14-12-29-21(23-14)30-13-16-15-4-2-3-5-17(15)27-18(16)19(26)24-7-9-25(10-8-24)20-22-6-11-28-20/h2-6,11-12H,7-10,13H2,1H3. The highest BCUT2D eigenvalue weighted by molar-refractivity contribution is 8.00. The van der Waals surface area contributed by atoms with Gasteiger partial charge in [-0.2, -0.15) is 0 Å². The summed E-state index contributed by atoms with van der Waals surface area (Å²) in [6, 6.07) is 7.88. The largest absolute Gasteiger partial charge is 0.451 e. The average Bonchev–Trinajstić information content (AvgIpc) is 3.52. The summed E-state index contributed by atoms with van der Waals surface area (Å²) in [4.78, 5) is 26.4. The number of fused-ring (bicyclic) bond motifs is 1. The molecule has 4 aromatic rings. The van der Waals surface area contributed by atoms with E-state index in [0.717, 1.165) is 44.8 Å². The summed E-state index contributed by atoms with van der Waals surface area (Å²) >= 11 is 4.92. The van der Waals surface area contributed by atoms with Crippen LogP contribution in [0.4, 0.5) is 5.13 Å². The zero-order chi connectivity index (χ0) is 20.5. The molecule has 6 nitrogen and oxygen atoms in total. The zero-order valence-corrected chi connectivity index (χ0v) is 18.9. The highest BCUT2D eigenvalue weighted by Gasteiger charge is 2.28. The number of aryl methyl sites for hydroxylation is 1. The molecule has 5 rings (SSSR count). The fourth-order valence-electron chi connectivity index (χ4n) is 3.56. The van der Waals surface area contributed by atoms with Gasteiger partial charge in [0, 0.05) is 65.5 Å². The monoisotopic (exact) mass is 456 g/mol. The normalized spacial score (nSPS) is 14.6. The van der Waals surface area contributed by atoms with Crippen LogP contribution in [-0.2, 0) is 5.75 Å². The van der Waals surface area contributed by atoms with Crippen LogP contribution in [0.3, 0.4) is 0 Å². The Hall–Kier alpha value is -2.36. The van der Waals surface area contributed by atoms with Crippen molar-refractivity contribution in [3.05, 3.63) is 58.2 Å². The number of nitrogens with zero attached hydrogens (tertiary/aromatic N) is 4. The number of furan rings is 1. The van der Waals surface area contributed by atoms with Crippen molar-refractivity contribution in [3.63, 3.8) is 0 Å². The Morgan fingerprint density at radius 2 is 2.03 bits per heavy atom.